The maximum atomic E-state index is 13.5. The number of carbonyl (C=O) groups excluding carboxylic acids is 1. The predicted molar refractivity (Wildman–Crippen MR) is 102 cm³/mol. The minimum Gasteiger partial charge on any atom is -0.469 e. The second kappa shape index (κ2) is 8.61. The normalized spacial score (nSPS) is 14.5. The van der Waals surface area contributed by atoms with Crippen LogP contribution in [0.1, 0.15) is 61.0 Å². The topological polar surface area (TPSA) is 59.4 Å². The van der Waals surface area contributed by atoms with E-state index in [-0.39, 0.29) is 24.8 Å². The number of carbonyl (C=O) groups is 1. The van der Waals surface area contributed by atoms with Crippen LogP contribution < -0.4 is 0 Å². The van der Waals surface area contributed by atoms with E-state index in [2.05, 4.69) is 0 Å². The number of halogens is 1. The van der Waals surface area contributed by atoms with E-state index in [1.807, 2.05) is 6.92 Å². The van der Waals surface area contributed by atoms with Crippen molar-refractivity contribution in [2.75, 3.05) is 7.11 Å². The lowest BCUT2D eigenvalue weighted by Gasteiger charge is -2.23. The van der Waals surface area contributed by atoms with Crippen LogP contribution in [0.2, 0.25) is 0 Å². The number of rotatable bonds is 6. The number of aliphatic hydroxyl groups excluding tert-OH is 1. The number of nitrogens with zero attached hydrogens (tertiary/aromatic N) is 1. The highest BCUT2D eigenvalue weighted by Crippen LogP contribution is 2.40. The molecule has 2 aromatic rings. The second-order valence-corrected chi connectivity index (χ2v) is 7.03. The number of benzene rings is 1. The Labute approximate surface area is 159 Å². The standard InChI is InChI=1S/C22H26FNO3/c1-3-19-18(13-25)21(14-8-10-16(23)11-9-14)17(12-20(26)27-2)22(24-19)15-6-4-5-7-15/h8-11,15,25H,3-7,12-13H2,1-2H3. The Hall–Kier alpha value is -2.27. The van der Waals surface area contributed by atoms with E-state index in [1.165, 1.54) is 19.2 Å². The lowest BCUT2D eigenvalue weighted by Crippen LogP contribution is -2.16. The van der Waals surface area contributed by atoms with Gasteiger partial charge in [0.25, 0.3) is 0 Å². The molecule has 0 radical (unpaired) electrons. The first kappa shape index (κ1) is 19.5. The van der Waals surface area contributed by atoms with Crippen LogP contribution in [0.5, 0.6) is 0 Å². The quantitative estimate of drug-likeness (QED) is 0.769. The molecule has 27 heavy (non-hydrogen) atoms. The zero-order valence-electron chi connectivity index (χ0n) is 15.9. The summed E-state index contributed by atoms with van der Waals surface area (Å²) in [7, 11) is 1.37. The number of aryl methyl sites for hydroxylation is 1. The molecule has 1 aromatic carbocycles. The van der Waals surface area contributed by atoms with Gasteiger partial charge in [0.2, 0.25) is 0 Å². The maximum Gasteiger partial charge on any atom is 0.310 e. The molecule has 5 heteroatoms. The van der Waals surface area contributed by atoms with Gasteiger partial charge in [0.15, 0.2) is 0 Å². The predicted octanol–water partition coefficient (Wildman–Crippen LogP) is 4.32. The molecule has 1 aromatic heterocycles. The molecule has 1 fully saturated rings. The van der Waals surface area contributed by atoms with E-state index in [9.17, 15) is 14.3 Å². The van der Waals surface area contributed by atoms with Crippen molar-refractivity contribution in [2.24, 2.45) is 0 Å². The third kappa shape index (κ3) is 4.03. The molecule has 0 atom stereocenters. The van der Waals surface area contributed by atoms with Crippen LogP contribution in [-0.4, -0.2) is 23.2 Å². The maximum absolute atomic E-state index is 13.5. The fourth-order valence-corrected chi connectivity index (χ4v) is 4.10. The molecule has 0 bridgehead atoms. The van der Waals surface area contributed by atoms with Gasteiger partial charge in [-0.25, -0.2) is 4.39 Å². The third-order valence-corrected chi connectivity index (χ3v) is 5.43. The second-order valence-electron chi connectivity index (χ2n) is 7.03. The molecule has 0 saturated heterocycles. The molecule has 144 valence electrons. The van der Waals surface area contributed by atoms with Gasteiger partial charge in [-0.2, -0.15) is 0 Å². The molecule has 1 heterocycles. The van der Waals surface area contributed by atoms with Crippen LogP contribution in [0.3, 0.4) is 0 Å². The first-order valence-corrected chi connectivity index (χ1v) is 9.57. The van der Waals surface area contributed by atoms with Gasteiger partial charge in [-0.15, -0.1) is 0 Å². The number of methoxy groups -OCH3 is 1. The largest absolute Gasteiger partial charge is 0.469 e. The molecule has 1 saturated carbocycles. The Morgan fingerprint density at radius 1 is 1.22 bits per heavy atom. The number of ether oxygens (including phenoxy) is 1. The molecule has 1 aliphatic carbocycles. The lowest BCUT2D eigenvalue weighted by molar-refractivity contribution is -0.139. The number of aliphatic hydroxyl groups is 1. The summed E-state index contributed by atoms with van der Waals surface area (Å²) in [6.45, 7) is 1.83. The summed E-state index contributed by atoms with van der Waals surface area (Å²) in [5.74, 6) is -0.353. The van der Waals surface area contributed by atoms with Crippen molar-refractivity contribution in [2.45, 2.75) is 58.0 Å². The minimum atomic E-state index is -0.340. The monoisotopic (exact) mass is 371 g/mol. The first-order chi connectivity index (χ1) is 13.1. The molecule has 0 unspecified atom stereocenters. The average molecular weight is 371 g/mol. The van der Waals surface area contributed by atoms with E-state index in [4.69, 9.17) is 9.72 Å². The number of hydrogen-bond donors (Lipinski definition) is 1. The van der Waals surface area contributed by atoms with Crippen molar-refractivity contribution in [3.8, 4) is 11.1 Å². The van der Waals surface area contributed by atoms with Gasteiger partial charge in [0.1, 0.15) is 5.82 Å². The fraction of sp³-hybridized carbons (Fsp3) is 0.455. The van der Waals surface area contributed by atoms with Crippen molar-refractivity contribution in [1.29, 1.82) is 0 Å². The Kier molecular flexibility index (Phi) is 6.22. The molecule has 3 rings (SSSR count). The van der Waals surface area contributed by atoms with Crippen molar-refractivity contribution in [1.82, 2.24) is 4.98 Å². The molecule has 4 nitrogen and oxygen atoms in total. The van der Waals surface area contributed by atoms with Crippen molar-refractivity contribution < 1.29 is 19.0 Å². The van der Waals surface area contributed by atoms with Crippen molar-refractivity contribution in [3.05, 3.63) is 52.6 Å². The molecule has 0 spiro atoms. The Bertz CT molecular complexity index is 811. The minimum absolute atomic E-state index is 0.0963. The molecular weight excluding hydrogens is 345 g/mol. The molecular formula is C22H26FNO3. The van der Waals surface area contributed by atoms with Crippen molar-refractivity contribution >= 4 is 5.97 Å². The van der Waals surface area contributed by atoms with E-state index < -0.39 is 0 Å². The Balaban J connectivity index is 2.28. The van der Waals surface area contributed by atoms with Crippen LogP contribution in [0.15, 0.2) is 24.3 Å². The number of hydrogen-bond acceptors (Lipinski definition) is 4. The van der Waals surface area contributed by atoms with Gasteiger partial charge in [-0.3, -0.25) is 9.78 Å². The van der Waals surface area contributed by atoms with Crippen LogP contribution in [0, 0.1) is 5.82 Å². The molecule has 0 aliphatic heterocycles. The van der Waals surface area contributed by atoms with E-state index in [1.54, 1.807) is 12.1 Å². The highest BCUT2D eigenvalue weighted by atomic mass is 19.1. The molecule has 1 N–H and O–H groups in total. The van der Waals surface area contributed by atoms with Crippen LogP contribution in [0.25, 0.3) is 11.1 Å². The van der Waals surface area contributed by atoms with E-state index >= 15 is 0 Å². The van der Waals surface area contributed by atoms with Gasteiger partial charge >= 0.3 is 5.97 Å². The Morgan fingerprint density at radius 3 is 2.44 bits per heavy atom. The van der Waals surface area contributed by atoms with Crippen molar-refractivity contribution in [3.63, 3.8) is 0 Å². The fourth-order valence-electron chi connectivity index (χ4n) is 4.10. The van der Waals surface area contributed by atoms with E-state index in [0.29, 0.717) is 17.9 Å². The summed E-state index contributed by atoms with van der Waals surface area (Å²) < 4.78 is 18.4. The third-order valence-electron chi connectivity index (χ3n) is 5.43. The highest BCUT2D eigenvalue weighted by Gasteiger charge is 2.28. The van der Waals surface area contributed by atoms with Gasteiger partial charge < -0.3 is 9.84 Å². The summed E-state index contributed by atoms with van der Waals surface area (Å²) in [4.78, 5) is 17.1. The Morgan fingerprint density at radius 2 is 1.89 bits per heavy atom. The summed E-state index contributed by atoms with van der Waals surface area (Å²) in [5, 5.41) is 10.1. The summed E-state index contributed by atoms with van der Waals surface area (Å²) in [5.41, 5.74) is 4.89. The number of esters is 1. The van der Waals surface area contributed by atoms with Gasteiger partial charge in [-0.05, 0) is 48.1 Å². The number of aromatic nitrogens is 1. The summed E-state index contributed by atoms with van der Waals surface area (Å²) in [6.07, 6.45) is 5.18. The SMILES string of the molecule is CCc1nc(C2CCCC2)c(CC(=O)OC)c(-c2ccc(F)cc2)c1CO. The zero-order valence-corrected chi connectivity index (χ0v) is 15.9. The first-order valence-electron chi connectivity index (χ1n) is 9.57. The summed E-state index contributed by atoms with van der Waals surface area (Å²) >= 11 is 0. The van der Waals surface area contributed by atoms with Gasteiger partial charge in [0.05, 0.1) is 20.1 Å². The summed E-state index contributed by atoms with van der Waals surface area (Å²) in [6, 6.07) is 6.20. The number of pyridine rings is 1. The van der Waals surface area contributed by atoms with Crippen LogP contribution >= 0.6 is 0 Å². The average Bonchev–Trinajstić information content (AvgIpc) is 3.22. The van der Waals surface area contributed by atoms with Gasteiger partial charge in [0, 0.05) is 22.9 Å². The van der Waals surface area contributed by atoms with E-state index in [0.717, 1.165) is 53.8 Å². The van der Waals surface area contributed by atoms with Crippen LogP contribution in [0.4, 0.5) is 4.39 Å². The van der Waals surface area contributed by atoms with Crippen LogP contribution in [-0.2, 0) is 29.0 Å². The highest BCUT2D eigenvalue weighted by molar-refractivity contribution is 5.80. The zero-order chi connectivity index (χ0) is 19.4. The van der Waals surface area contributed by atoms with Gasteiger partial charge in [-0.1, -0.05) is 31.9 Å². The lowest BCUT2D eigenvalue weighted by atomic mass is 9.86. The molecule has 1 aliphatic rings. The smallest absolute Gasteiger partial charge is 0.310 e. The molecule has 0 amide bonds.